The Morgan fingerprint density at radius 2 is 1.74 bits per heavy atom. The lowest BCUT2D eigenvalue weighted by atomic mass is 9.88. The van der Waals surface area contributed by atoms with Gasteiger partial charge in [0, 0.05) is 11.4 Å². The lowest BCUT2D eigenvalue weighted by Gasteiger charge is -2.31. The van der Waals surface area contributed by atoms with E-state index >= 15 is 0 Å². The van der Waals surface area contributed by atoms with Crippen molar-refractivity contribution in [1.82, 2.24) is 15.1 Å². The van der Waals surface area contributed by atoms with Crippen LogP contribution in [0.25, 0.3) is 10.4 Å². The molecule has 1 aromatic heterocycles. The average Bonchev–Trinajstić information content (AvgIpc) is 3.59. The number of aliphatic hydroxyl groups is 1. The Hall–Kier alpha value is -3.04. The molecule has 2 aromatic rings. The molecule has 204 valence electrons. The van der Waals surface area contributed by atoms with E-state index < -0.39 is 35.6 Å². The zero-order chi connectivity index (χ0) is 27.8. The van der Waals surface area contributed by atoms with Gasteiger partial charge in [-0.1, -0.05) is 65.0 Å². The number of hydrogen-bond donors (Lipinski definition) is 2. The molecule has 0 aliphatic carbocycles. The molecular formula is C29H37N3O5S. The minimum Gasteiger partial charge on any atom is -0.383 e. The van der Waals surface area contributed by atoms with Gasteiger partial charge in [-0.15, -0.1) is 11.3 Å². The molecule has 3 heterocycles. The van der Waals surface area contributed by atoms with Gasteiger partial charge >= 0.3 is 0 Å². The summed E-state index contributed by atoms with van der Waals surface area (Å²) in [6, 6.07) is 11.4. The molecule has 3 amide bonds. The molecule has 4 rings (SSSR count). The van der Waals surface area contributed by atoms with Crippen LogP contribution in [0.15, 0.2) is 42.5 Å². The highest BCUT2D eigenvalue weighted by Gasteiger charge is 2.53. The fraction of sp³-hybridized carbons (Fsp3) is 0.517. The molecule has 2 N–H and O–H groups in total. The number of hydrogen-bond acceptors (Lipinski definition) is 6. The second-order valence-corrected chi connectivity index (χ2v) is 12.8. The van der Waals surface area contributed by atoms with Crippen LogP contribution in [0.3, 0.4) is 0 Å². The van der Waals surface area contributed by atoms with Crippen molar-refractivity contribution in [3.05, 3.63) is 47.3 Å². The SMILES string of the molecule is CC(C)CC(NC(=O)c1ccc(-c2ccccc2)s1)C(=O)N1CCC2C1C(=O)CN2C(=O)C(O)C(C)(C)C. The van der Waals surface area contributed by atoms with E-state index in [9.17, 15) is 24.3 Å². The summed E-state index contributed by atoms with van der Waals surface area (Å²) in [4.78, 5) is 57.4. The summed E-state index contributed by atoms with van der Waals surface area (Å²) >= 11 is 1.36. The molecule has 2 fully saturated rings. The third-order valence-electron chi connectivity index (χ3n) is 7.24. The molecule has 1 aromatic carbocycles. The van der Waals surface area contributed by atoms with Gasteiger partial charge in [0.2, 0.25) is 5.91 Å². The first-order chi connectivity index (χ1) is 17.9. The zero-order valence-electron chi connectivity index (χ0n) is 22.6. The van der Waals surface area contributed by atoms with Crippen molar-refractivity contribution in [2.45, 2.75) is 71.7 Å². The smallest absolute Gasteiger partial charge is 0.262 e. The third kappa shape index (κ3) is 5.68. The second-order valence-electron chi connectivity index (χ2n) is 11.7. The van der Waals surface area contributed by atoms with Crippen LogP contribution >= 0.6 is 11.3 Å². The first-order valence-corrected chi connectivity index (χ1v) is 14.0. The molecule has 2 aliphatic heterocycles. The number of fused-ring (bicyclic) bond motifs is 1. The summed E-state index contributed by atoms with van der Waals surface area (Å²) in [5, 5.41) is 13.5. The summed E-state index contributed by atoms with van der Waals surface area (Å²) in [6.45, 7) is 9.46. The van der Waals surface area contributed by atoms with Gasteiger partial charge in [-0.3, -0.25) is 19.2 Å². The predicted octanol–water partition coefficient (Wildman–Crippen LogP) is 3.35. The lowest BCUT2D eigenvalue weighted by molar-refractivity contribution is -0.147. The third-order valence-corrected chi connectivity index (χ3v) is 8.37. The van der Waals surface area contributed by atoms with Crippen LogP contribution in [0.2, 0.25) is 0 Å². The van der Waals surface area contributed by atoms with Crippen molar-refractivity contribution in [1.29, 1.82) is 0 Å². The first-order valence-electron chi connectivity index (χ1n) is 13.2. The maximum Gasteiger partial charge on any atom is 0.262 e. The van der Waals surface area contributed by atoms with E-state index in [1.807, 2.05) is 50.2 Å². The van der Waals surface area contributed by atoms with E-state index in [1.54, 1.807) is 26.8 Å². The Labute approximate surface area is 228 Å². The number of ketones is 1. The topological polar surface area (TPSA) is 107 Å². The Kier molecular flexibility index (Phi) is 8.09. The van der Waals surface area contributed by atoms with Crippen LogP contribution in [0.4, 0.5) is 0 Å². The molecule has 0 spiro atoms. The predicted molar refractivity (Wildman–Crippen MR) is 147 cm³/mol. The maximum absolute atomic E-state index is 13.7. The number of carbonyl (C=O) groups is 4. The van der Waals surface area contributed by atoms with Crippen molar-refractivity contribution in [3.63, 3.8) is 0 Å². The van der Waals surface area contributed by atoms with Crippen molar-refractivity contribution in [3.8, 4) is 10.4 Å². The number of benzene rings is 1. The molecule has 0 bridgehead atoms. The summed E-state index contributed by atoms with van der Waals surface area (Å²) in [7, 11) is 0. The molecule has 0 radical (unpaired) electrons. The summed E-state index contributed by atoms with van der Waals surface area (Å²) in [6.07, 6.45) is -0.355. The van der Waals surface area contributed by atoms with E-state index in [0.717, 1.165) is 10.4 Å². The first kappa shape index (κ1) is 28.0. The van der Waals surface area contributed by atoms with Crippen molar-refractivity contribution in [2.24, 2.45) is 11.3 Å². The molecule has 4 unspecified atom stereocenters. The fourth-order valence-electron chi connectivity index (χ4n) is 5.23. The van der Waals surface area contributed by atoms with Gasteiger partial charge in [0.15, 0.2) is 5.78 Å². The Bertz CT molecular complexity index is 1200. The van der Waals surface area contributed by atoms with Gasteiger partial charge in [0.1, 0.15) is 18.2 Å². The minimum absolute atomic E-state index is 0.121. The molecule has 4 atom stereocenters. The molecule has 9 heteroatoms. The number of Topliss-reactive ketones (excluding diaryl/α,β-unsaturated/α-hetero) is 1. The molecule has 38 heavy (non-hydrogen) atoms. The van der Waals surface area contributed by atoms with Gasteiger partial charge < -0.3 is 20.2 Å². The van der Waals surface area contributed by atoms with Gasteiger partial charge in [-0.05, 0) is 41.9 Å². The minimum atomic E-state index is -1.24. The molecule has 2 saturated heterocycles. The van der Waals surface area contributed by atoms with E-state index in [1.165, 1.54) is 21.1 Å². The second kappa shape index (κ2) is 11.0. The Balaban J connectivity index is 1.49. The number of thiophene rings is 1. The van der Waals surface area contributed by atoms with E-state index in [-0.39, 0.29) is 30.1 Å². The van der Waals surface area contributed by atoms with Crippen LogP contribution in [0.5, 0.6) is 0 Å². The Morgan fingerprint density at radius 1 is 1.05 bits per heavy atom. The molecule has 0 saturated carbocycles. The highest BCUT2D eigenvalue weighted by atomic mass is 32.1. The lowest BCUT2D eigenvalue weighted by Crippen LogP contribution is -2.53. The quantitative estimate of drug-likeness (QED) is 0.561. The van der Waals surface area contributed by atoms with Crippen molar-refractivity contribution < 1.29 is 24.3 Å². The Morgan fingerprint density at radius 3 is 2.37 bits per heavy atom. The summed E-state index contributed by atoms with van der Waals surface area (Å²) in [5.74, 6) is -1.19. The maximum atomic E-state index is 13.7. The zero-order valence-corrected chi connectivity index (χ0v) is 23.5. The van der Waals surface area contributed by atoms with Gasteiger partial charge in [-0.2, -0.15) is 0 Å². The van der Waals surface area contributed by atoms with Crippen LogP contribution in [-0.4, -0.2) is 75.7 Å². The summed E-state index contributed by atoms with van der Waals surface area (Å²) in [5.41, 5.74) is 0.353. The number of nitrogens with one attached hydrogen (secondary N) is 1. The fourth-order valence-corrected chi connectivity index (χ4v) is 6.14. The van der Waals surface area contributed by atoms with E-state index in [4.69, 9.17) is 0 Å². The van der Waals surface area contributed by atoms with Crippen LogP contribution in [0, 0.1) is 11.3 Å². The molecular weight excluding hydrogens is 502 g/mol. The van der Waals surface area contributed by atoms with Crippen LogP contribution in [0.1, 0.15) is 57.1 Å². The van der Waals surface area contributed by atoms with E-state index in [2.05, 4.69) is 5.32 Å². The standard InChI is InChI=1S/C29H37N3O5S/c1-17(2)15-19(30-26(35)23-12-11-22(38-23)18-9-7-6-8-10-18)27(36)31-14-13-20-24(31)21(33)16-32(20)28(37)25(34)29(3,4)5/h6-12,17,19-20,24-25,34H,13-16H2,1-5H3,(H,30,35). The number of likely N-dealkylation sites (tertiary alicyclic amines) is 2. The monoisotopic (exact) mass is 539 g/mol. The van der Waals surface area contributed by atoms with Crippen molar-refractivity contribution >= 4 is 34.8 Å². The normalized spacial score (nSPS) is 21.0. The number of nitrogens with zero attached hydrogens (tertiary/aromatic N) is 2. The number of amides is 3. The highest BCUT2D eigenvalue weighted by Crippen LogP contribution is 2.33. The van der Waals surface area contributed by atoms with Crippen LogP contribution < -0.4 is 5.32 Å². The largest absolute Gasteiger partial charge is 0.383 e. The van der Waals surface area contributed by atoms with Gasteiger partial charge in [-0.25, -0.2) is 0 Å². The highest BCUT2D eigenvalue weighted by molar-refractivity contribution is 7.17. The molecule has 2 aliphatic rings. The molecule has 8 nitrogen and oxygen atoms in total. The number of carbonyl (C=O) groups excluding carboxylic acids is 4. The average molecular weight is 540 g/mol. The van der Waals surface area contributed by atoms with Crippen LogP contribution in [-0.2, 0) is 14.4 Å². The van der Waals surface area contributed by atoms with E-state index in [0.29, 0.717) is 24.3 Å². The number of aliphatic hydroxyl groups excluding tert-OH is 1. The summed E-state index contributed by atoms with van der Waals surface area (Å²) < 4.78 is 0. The number of rotatable bonds is 7. The van der Waals surface area contributed by atoms with Gasteiger partial charge in [0.25, 0.3) is 11.8 Å². The van der Waals surface area contributed by atoms with Gasteiger partial charge in [0.05, 0.1) is 17.5 Å². The van der Waals surface area contributed by atoms with Crippen molar-refractivity contribution in [2.75, 3.05) is 13.1 Å².